The molecule has 0 atom stereocenters. The summed E-state index contributed by atoms with van der Waals surface area (Å²) < 4.78 is 0. The van der Waals surface area contributed by atoms with E-state index in [2.05, 4.69) is 172 Å². The second-order valence-electron chi connectivity index (χ2n) is 12.9. The first-order chi connectivity index (χ1) is 22.1. The zero-order chi connectivity index (χ0) is 30.1. The van der Waals surface area contributed by atoms with Crippen LogP contribution in [0.1, 0.15) is 25.0 Å². The van der Waals surface area contributed by atoms with Crippen LogP contribution in [0.25, 0.3) is 76.8 Å². The smallest absolute Gasteiger partial charge is 0.0165 e. The highest BCUT2D eigenvalue weighted by Gasteiger charge is 2.38. The van der Waals surface area contributed by atoms with Crippen molar-refractivity contribution in [3.05, 3.63) is 169 Å². The molecule has 0 radical (unpaired) electrons. The Morgan fingerprint density at radius 3 is 1.58 bits per heavy atom. The van der Waals surface area contributed by atoms with Gasteiger partial charge in [0.2, 0.25) is 0 Å². The summed E-state index contributed by atoms with van der Waals surface area (Å²) in [5, 5.41) is 7.79. The van der Waals surface area contributed by atoms with Crippen LogP contribution >= 0.6 is 0 Å². The molecule has 0 saturated heterocycles. The number of benzene rings is 8. The van der Waals surface area contributed by atoms with E-state index >= 15 is 0 Å². The van der Waals surface area contributed by atoms with Crippen molar-refractivity contribution < 1.29 is 0 Å². The van der Waals surface area contributed by atoms with Gasteiger partial charge in [0.15, 0.2) is 0 Å². The van der Waals surface area contributed by atoms with Crippen LogP contribution in [0.4, 0.5) is 0 Å². The maximum atomic E-state index is 2.41. The van der Waals surface area contributed by atoms with Gasteiger partial charge in [0, 0.05) is 5.41 Å². The van der Waals surface area contributed by atoms with Crippen molar-refractivity contribution in [1.82, 2.24) is 0 Å². The summed E-state index contributed by atoms with van der Waals surface area (Å²) in [6, 6.07) is 58.2. The summed E-state index contributed by atoms with van der Waals surface area (Å²) in [6.07, 6.45) is 0. The molecule has 9 rings (SSSR count). The van der Waals surface area contributed by atoms with E-state index in [0.717, 1.165) is 0 Å². The molecule has 0 N–H and O–H groups in total. The molecular weight excluding hydrogens is 540 g/mol. The van der Waals surface area contributed by atoms with Crippen molar-refractivity contribution in [3.8, 4) is 44.5 Å². The molecule has 0 unspecified atom stereocenters. The van der Waals surface area contributed by atoms with Gasteiger partial charge in [0.05, 0.1) is 0 Å². The quantitative estimate of drug-likeness (QED) is 0.185. The third-order valence-corrected chi connectivity index (χ3v) is 10.0. The van der Waals surface area contributed by atoms with Gasteiger partial charge in [-0.3, -0.25) is 0 Å². The number of fused-ring (bicyclic) bond motifs is 7. The van der Waals surface area contributed by atoms with E-state index in [-0.39, 0.29) is 5.41 Å². The minimum Gasteiger partial charge on any atom is -0.0622 e. The zero-order valence-corrected chi connectivity index (χ0v) is 25.5. The third-order valence-electron chi connectivity index (χ3n) is 10.0. The number of rotatable bonds is 3. The average molecular weight is 573 g/mol. The molecule has 8 aromatic rings. The number of hydrogen-bond acceptors (Lipinski definition) is 0. The summed E-state index contributed by atoms with van der Waals surface area (Å²) in [6.45, 7) is 4.77. The van der Waals surface area contributed by atoms with Crippen LogP contribution in [-0.4, -0.2) is 0 Å². The van der Waals surface area contributed by atoms with E-state index in [0.29, 0.717) is 0 Å². The van der Waals surface area contributed by atoms with Crippen molar-refractivity contribution in [1.29, 1.82) is 0 Å². The molecule has 0 heteroatoms. The Balaban J connectivity index is 1.30. The Kier molecular flexibility index (Phi) is 5.64. The van der Waals surface area contributed by atoms with Crippen LogP contribution in [0.15, 0.2) is 158 Å². The molecule has 0 fully saturated rings. The van der Waals surface area contributed by atoms with Crippen LogP contribution in [0.3, 0.4) is 0 Å². The lowest BCUT2D eigenvalue weighted by Crippen LogP contribution is -2.15. The average Bonchev–Trinajstić information content (AvgIpc) is 3.34. The van der Waals surface area contributed by atoms with E-state index in [1.54, 1.807) is 0 Å². The standard InChI is InChI=1S/C45H32/c1-45(2)40-25-13-24-33(43(40)39-27-26-29-14-6-7-19-34(29)44(39)45)31-17-12-18-32(28-31)42-37-22-10-8-20-35(37)41(30-15-4-3-5-16-30)36-21-9-11-23-38(36)42/h3-28H,1-2H3. The van der Waals surface area contributed by atoms with Gasteiger partial charge in [0.1, 0.15) is 0 Å². The molecule has 0 spiro atoms. The molecule has 0 heterocycles. The van der Waals surface area contributed by atoms with Gasteiger partial charge in [-0.25, -0.2) is 0 Å². The van der Waals surface area contributed by atoms with Crippen LogP contribution in [0.2, 0.25) is 0 Å². The minimum atomic E-state index is -0.0845. The van der Waals surface area contributed by atoms with E-state index < -0.39 is 0 Å². The fourth-order valence-electron chi connectivity index (χ4n) is 8.09. The molecule has 0 aromatic heterocycles. The van der Waals surface area contributed by atoms with Gasteiger partial charge < -0.3 is 0 Å². The Bertz CT molecular complexity index is 2390. The molecule has 0 nitrogen and oxygen atoms in total. The van der Waals surface area contributed by atoms with Crippen LogP contribution < -0.4 is 0 Å². The Morgan fingerprint density at radius 1 is 0.356 bits per heavy atom. The van der Waals surface area contributed by atoms with Crippen molar-refractivity contribution >= 4 is 32.3 Å². The Morgan fingerprint density at radius 2 is 0.889 bits per heavy atom. The van der Waals surface area contributed by atoms with Crippen molar-refractivity contribution in [3.63, 3.8) is 0 Å². The van der Waals surface area contributed by atoms with Crippen LogP contribution in [0, 0.1) is 0 Å². The maximum Gasteiger partial charge on any atom is 0.0165 e. The normalized spacial score (nSPS) is 13.3. The second-order valence-corrected chi connectivity index (χ2v) is 12.9. The van der Waals surface area contributed by atoms with E-state index in [1.165, 1.54) is 88.0 Å². The molecule has 0 amide bonds. The summed E-state index contributed by atoms with van der Waals surface area (Å²) in [5.41, 5.74) is 13.1. The van der Waals surface area contributed by atoms with Crippen LogP contribution in [0.5, 0.6) is 0 Å². The highest BCUT2D eigenvalue weighted by Crippen LogP contribution is 2.54. The molecule has 45 heavy (non-hydrogen) atoms. The SMILES string of the molecule is CC1(C)c2cccc(-c3cccc(-c4c5ccccc5c(-c5ccccc5)c5ccccc45)c3)c2-c2ccc3ccccc3c21. The molecular formula is C45H32. The van der Waals surface area contributed by atoms with Gasteiger partial charge in [-0.05, 0) is 94.0 Å². The van der Waals surface area contributed by atoms with Crippen molar-refractivity contribution in [2.75, 3.05) is 0 Å². The summed E-state index contributed by atoms with van der Waals surface area (Å²) >= 11 is 0. The van der Waals surface area contributed by atoms with Gasteiger partial charge in [0.25, 0.3) is 0 Å². The third kappa shape index (κ3) is 3.79. The maximum absolute atomic E-state index is 2.41. The first-order valence-corrected chi connectivity index (χ1v) is 15.9. The fraction of sp³-hybridized carbons (Fsp3) is 0.0667. The molecule has 0 bridgehead atoms. The highest BCUT2D eigenvalue weighted by atomic mass is 14.4. The lowest BCUT2D eigenvalue weighted by atomic mass is 9.80. The molecule has 0 aliphatic heterocycles. The van der Waals surface area contributed by atoms with Gasteiger partial charge in [-0.15, -0.1) is 0 Å². The lowest BCUT2D eigenvalue weighted by Gasteiger charge is -2.23. The lowest BCUT2D eigenvalue weighted by molar-refractivity contribution is 0.666. The molecule has 212 valence electrons. The van der Waals surface area contributed by atoms with Gasteiger partial charge in [-0.1, -0.05) is 166 Å². The van der Waals surface area contributed by atoms with Crippen molar-refractivity contribution in [2.45, 2.75) is 19.3 Å². The molecule has 0 saturated carbocycles. The Labute approximate surface area is 264 Å². The minimum absolute atomic E-state index is 0.0845. The predicted octanol–water partition coefficient (Wildman–Crippen LogP) is 12.5. The van der Waals surface area contributed by atoms with E-state index in [9.17, 15) is 0 Å². The fourth-order valence-corrected chi connectivity index (χ4v) is 8.09. The predicted molar refractivity (Wildman–Crippen MR) is 193 cm³/mol. The van der Waals surface area contributed by atoms with Crippen molar-refractivity contribution in [2.24, 2.45) is 0 Å². The Hall–Kier alpha value is -5.46. The van der Waals surface area contributed by atoms with E-state index in [4.69, 9.17) is 0 Å². The molecule has 1 aliphatic carbocycles. The monoisotopic (exact) mass is 572 g/mol. The van der Waals surface area contributed by atoms with Crippen LogP contribution in [-0.2, 0) is 5.41 Å². The summed E-state index contributed by atoms with van der Waals surface area (Å²) in [7, 11) is 0. The second kappa shape index (κ2) is 9.78. The molecule has 8 aromatic carbocycles. The first kappa shape index (κ1) is 26.0. The van der Waals surface area contributed by atoms with Gasteiger partial charge >= 0.3 is 0 Å². The summed E-state index contributed by atoms with van der Waals surface area (Å²) in [5.74, 6) is 0. The first-order valence-electron chi connectivity index (χ1n) is 15.9. The topological polar surface area (TPSA) is 0 Å². The largest absolute Gasteiger partial charge is 0.0622 e. The summed E-state index contributed by atoms with van der Waals surface area (Å²) in [4.78, 5) is 0. The van der Waals surface area contributed by atoms with Gasteiger partial charge in [-0.2, -0.15) is 0 Å². The zero-order valence-electron chi connectivity index (χ0n) is 25.5. The van der Waals surface area contributed by atoms with E-state index in [1.807, 2.05) is 0 Å². The number of hydrogen-bond donors (Lipinski definition) is 0. The highest BCUT2D eigenvalue weighted by molar-refractivity contribution is 6.21. The molecule has 1 aliphatic rings.